The largest absolute Gasteiger partial charge is 0.491 e. The summed E-state index contributed by atoms with van der Waals surface area (Å²) in [6, 6.07) is 8.17. The van der Waals surface area contributed by atoms with Gasteiger partial charge in [-0.25, -0.2) is 9.97 Å². The molecule has 3 heterocycles. The van der Waals surface area contributed by atoms with Crippen LogP contribution in [0.15, 0.2) is 35.6 Å². The van der Waals surface area contributed by atoms with E-state index in [1.807, 2.05) is 6.07 Å². The standard InChI is InChI=1S/C20H25N5O2/c1-24-5-7-25(8-6-24)19-12-18(22-14-23-19)20-17-11-16(27-10-9-26-2)4-3-15(17)13-21-20/h3-4,11-12,14H,5-10,13H2,1-2H3. The minimum Gasteiger partial charge on any atom is -0.491 e. The molecule has 7 heteroatoms. The maximum absolute atomic E-state index is 5.76. The molecule has 0 atom stereocenters. The van der Waals surface area contributed by atoms with Crippen LogP contribution in [0.4, 0.5) is 5.82 Å². The Labute approximate surface area is 159 Å². The van der Waals surface area contributed by atoms with Crippen molar-refractivity contribution in [2.24, 2.45) is 4.99 Å². The maximum Gasteiger partial charge on any atom is 0.132 e. The van der Waals surface area contributed by atoms with E-state index in [1.54, 1.807) is 13.4 Å². The van der Waals surface area contributed by atoms with Gasteiger partial charge in [0.25, 0.3) is 0 Å². The number of fused-ring (bicyclic) bond motifs is 1. The second-order valence-corrected chi connectivity index (χ2v) is 6.88. The van der Waals surface area contributed by atoms with Gasteiger partial charge in [-0.2, -0.15) is 0 Å². The SMILES string of the molecule is COCCOc1ccc2c(c1)C(c1cc(N3CCN(C)CC3)ncn1)=NC2. The number of hydrogen-bond donors (Lipinski definition) is 0. The highest BCUT2D eigenvalue weighted by molar-refractivity contribution is 6.14. The van der Waals surface area contributed by atoms with Gasteiger partial charge in [0.05, 0.1) is 24.6 Å². The average Bonchev–Trinajstić information content (AvgIpc) is 3.12. The van der Waals surface area contributed by atoms with Crippen molar-refractivity contribution in [3.05, 3.63) is 47.4 Å². The Balaban J connectivity index is 1.55. The number of methoxy groups -OCH3 is 1. The fourth-order valence-corrected chi connectivity index (χ4v) is 3.40. The number of piperazine rings is 1. The van der Waals surface area contributed by atoms with Gasteiger partial charge in [0, 0.05) is 44.9 Å². The number of anilines is 1. The molecule has 1 fully saturated rings. The van der Waals surface area contributed by atoms with Crippen molar-refractivity contribution in [2.45, 2.75) is 6.54 Å². The zero-order valence-electron chi connectivity index (χ0n) is 15.9. The van der Waals surface area contributed by atoms with E-state index >= 15 is 0 Å². The molecule has 0 radical (unpaired) electrons. The molecule has 2 aliphatic heterocycles. The van der Waals surface area contributed by atoms with Gasteiger partial charge < -0.3 is 19.3 Å². The molecule has 0 spiro atoms. The van der Waals surface area contributed by atoms with Gasteiger partial charge in [-0.15, -0.1) is 0 Å². The lowest BCUT2D eigenvalue weighted by atomic mass is 10.0. The summed E-state index contributed by atoms with van der Waals surface area (Å²) in [4.78, 5) is 18.4. The van der Waals surface area contributed by atoms with Crippen molar-refractivity contribution in [2.75, 3.05) is 58.5 Å². The number of hydrogen-bond acceptors (Lipinski definition) is 7. The van der Waals surface area contributed by atoms with Gasteiger partial charge in [0.2, 0.25) is 0 Å². The van der Waals surface area contributed by atoms with Crippen molar-refractivity contribution in [3.63, 3.8) is 0 Å². The molecule has 7 nitrogen and oxygen atoms in total. The van der Waals surface area contributed by atoms with Crippen LogP contribution in [0.25, 0.3) is 0 Å². The first-order valence-corrected chi connectivity index (χ1v) is 9.30. The third-order valence-corrected chi connectivity index (χ3v) is 5.02. The van der Waals surface area contributed by atoms with Crippen LogP contribution in [0.3, 0.4) is 0 Å². The van der Waals surface area contributed by atoms with Crippen LogP contribution in [-0.2, 0) is 11.3 Å². The van der Waals surface area contributed by atoms with E-state index < -0.39 is 0 Å². The van der Waals surface area contributed by atoms with Crippen molar-refractivity contribution in [1.82, 2.24) is 14.9 Å². The third kappa shape index (κ3) is 3.94. The Kier molecular flexibility index (Phi) is 5.31. The Bertz CT molecular complexity index is 831. The number of rotatable bonds is 6. The summed E-state index contributed by atoms with van der Waals surface area (Å²) in [6.07, 6.45) is 1.64. The fraction of sp³-hybridized carbons (Fsp3) is 0.450. The first-order valence-electron chi connectivity index (χ1n) is 9.30. The number of aliphatic imine (C=N–C) groups is 1. The molecular formula is C20H25N5O2. The Morgan fingerprint density at radius 1 is 1.04 bits per heavy atom. The third-order valence-electron chi connectivity index (χ3n) is 5.02. The molecule has 1 aromatic heterocycles. The summed E-state index contributed by atoms with van der Waals surface area (Å²) in [5, 5.41) is 0. The molecule has 27 heavy (non-hydrogen) atoms. The molecule has 0 unspecified atom stereocenters. The predicted molar refractivity (Wildman–Crippen MR) is 105 cm³/mol. The van der Waals surface area contributed by atoms with Crippen molar-refractivity contribution >= 4 is 11.5 Å². The first-order chi connectivity index (χ1) is 13.2. The summed E-state index contributed by atoms with van der Waals surface area (Å²) in [5.41, 5.74) is 4.07. The van der Waals surface area contributed by atoms with Crippen LogP contribution in [0.2, 0.25) is 0 Å². The first kappa shape index (κ1) is 17.9. The van der Waals surface area contributed by atoms with E-state index in [-0.39, 0.29) is 0 Å². The van der Waals surface area contributed by atoms with E-state index in [4.69, 9.17) is 14.5 Å². The average molecular weight is 367 g/mol. The number of ether oxygens (including phenoxy) is 2. The van der Waals surface area contributed by atoms with Gasteiger partial charge in [0.1, 0.15) is 24.5 Å². The molecule has 2 aromatic rings. The zero-order chi connectivity index (χ0) is 18.6. The van der Waals surface area contributed by atoms with E-state index in [0.717, 1.165) is 54.7 Å². The predicted octanol–water partition coefficient (Wildman–Crippen LogP) is 1.60. The highest BCUT2D eigenvalue weighted by Crippen LogP contribution is 2.27. The number of nitrogens with zero attached hydrogens (tertiary/aromatic N) is 5. The maximum atomic E-state index is 5.76. The van der Waals surface area contributed by atoms with Crippen molar-refractivity contribution < 1.29 is 9.47 Å². The summed E-state index contributed by atoms with van der Waals surface area (Å²) in [6.45, 7) is 5.83. The molecular weight excluding hydrogens is 342 g/mol. The van der Waals surface area contributed by atoms with E-state index in [2.05, 4.69) is 45.0 Å². The topological polar surface area (TPSA) is 63.1 Å². The van der Waals surface area contributed by atoms with Gasteiger partial charge in [-0.3, -0.25) is 4.99 Å². The summed E-state index contributed by atoms with van der Waals surface area (Å²) in [7, 11) is 3.82. The van der Waals surface area contributed by atoms with Gasteiger partial charge in [-0.1, -0.05) is 6.07 Å². The van der Waals surface area contributed by atoms with E-state index in [1.165, 1.54) is 5.56 Å². The lowest BCUT2D eigenvalue weighted by Crippen LogP contribution is -2.44. The number of likely N-dealkylation sites (N-methyl/N-ethyl adjacent to an activating group) is 1. The normalized spacial score (nSPS) is 17.0. The summed E-state index contributed by atoms with van der Waals surface area (Å²) in [5.74, 6) is 1.80. The molecule has 0 N–H and O–H groups in total. The molecule has 1 saturated heterocycles. The quantitative estimate of drug-likeness (QED) is 0.723. The molecule has 142 valence electrons. The smallest absolute Gasteiger partial charge is 0.132 e. The Hall–Kier alpha value is -2.51. The van der Waals surface area contributed by atoms with Crippen LogP contribution in [0, 0.1) is 0 Å². The van der Waals surface area contributed by atoms with Gasteiger partial charge in [0.15, 0.2) is 0 Å². The van der Waals surface area contributed by atoms with Crippen LogP contribution in [-0.4, -0.2) is 74.1 Å². The zero-order valence-corrected chi connectivity index (χ0v) is 15.9. The molecule has 2 aliphatic rings. The monoisotopic (exact) mass is 367 g/mol. The van der Waals surface area contributed by atoms with Gasteiger partial charge >= 0.3 is 0 Å². The van der Waals surface area contributed by atoms with E-state index in [0.29, 0.717) is 19.8 Å². The highest BCUT2D eigenvalue weighted by Gasteiger charge is 2.22. The lowest BCUT2D eigenvalue weighted by molar-refractivity contribution is 0.146. The molecule has 4 rings (SSSR count). The van der Waals surface area contributed by atoms with Crippen molar-refractivity contribution in [1.29, 1.82) is 0 Å². The number of aromatic nitrogens is 2. The molecule has 0 amide bonds. The fourth-order valence-electron chi connectivity index (χ4n) is 3.40. The molecule has 1 aromatic carbocycles. The van der Waals surface area contributed by atoms with Crippen LogP contribution in [0.5, 0.6) is 5.75 Å². The molecule has 0 saturated carbocycles. The van der Waals surface area contributed by atoms with Gasteiger partial charge in [-0.05, 0) is 24.7 Å². The summed E-state index contributed by atoms with van der Waals surface area (Å²) >= 11 is 0. The Morgan fingerprint density at radius 3 is 2.70 bits per heavy atom. The molecule has 0 aliphatic carbocycles. The summed E-state index contributed by atoms with van der Waals surface area (Å²) < 4.78 is 10.8. The van der Waals surface area contributed by atoms with Crippen LogP contribution >= 0.6 is 0 Å². The molecule has 0 bridgehead atoms. The van der Waals surface area contributed by atoms with E-state index in [9.17, 15) is 0 Å². The minimum atomic E-state index is 0.531. The van der Waals surface area contributed by atoms with Crippen molar-refractivity contribution in [3.8, 4) is 5.75 Å². The highest BCUT2D eigenvalue weighted by atomic mass is 16.5. The van der Waals surface area contributed by atoms with Crippen LogP contribution in [0.1, 0.15) is 16.8 Å². The number of benzene rings is 1. The second-order valence-electron chi connectivity index (χ2n) is 6.88. The Morgan fingerprint density at radius 2 is 1.89 bits per heavy atom. The van der Waals surface area contributed by atoms with Crippen LogP contribution < -0.4 is 9.64 Å². The second kappa shape index (κ2) is 8.02. The minimum absolute atomic E-state index is 0.531. The lowest BCUT2D eigenvalue weighted by Gasteiger charge is -2.33.